The van der Waals surface area contributed by atoms with Crippen molar-refractivity contribution < 1.29 is 4.74 Å². The number of rotatable bonds is 2. The number of benzene rings is 1. The second kappa shape index (κ2) is 4.53. The third kappa shape index (κ3) is 2.23. The smallest absolute Gasteiger partial charge is 0.0642 e. The normalized spacial score (nSPS) is 16.5. The van der Waals surface area contributed by atoms with Gasteiger partial charge in [-0.1, -0.05) is 12.1 Å². The topological polar surface area (TPSA) is 15.7 Å². The van der Waals surface area contributed by atoms with Gasteiger partial charge in [-0.15, -0.1) is 0 Å². The van der Waals surface area contributed by atoms with Gasteiger partial charge < -0.3 is 14.5 Å². The van der Waals surface area contributed by atoms with E-state index in [9.17, 15) is 0 Å². The minimum Gasteiger partial charge on any atom is -0.378 e. The second-order valence-corrected chi connectivity index (χ2v) is 3.98. The Balaban J connectivity index is 2.25. The number of anilines is 2. The van der Waals surface area contributed by atoms with E-state index in [1.807, 2.05) is 0 Å². The van der Waals surface area contributed by atoms with E-state index < -0.39 is 0 Å². The van der Waals surface area contributed by atoms with Crippen LogP contribution in [0.25, 0.3) is 0 Å². The van der Waals surface area contributed by atoms with Gasteiger partial charge in [0, 0.05) is 27.2 Å². The lowest BCUT2D eigenvalue weighted by Crippen LogP contribution is -2.37. The first-order valence-electron chi connectivity index (χ1n) is 5.38. The SMILES string of the molecule is CN(C)c1ccccc1N1CCOCC1. The standard InChI is InChI=1S/C12H18N2O/c1-13(2)11-5-3-4-6-12(11)14-7-9-15-10-8-14/h3-6H,7-10H2,1-2H3. The molecule has 3 heteroatoms. The molecule has 0 radical (unpaired) electrons. The van der Waals surface area contributed by atoms with Crippen molar-refractivity contribution in [2.45, 2.75) is 0 Å². The van der Waals surface area contributed by atoms with Crippen molar-refractivity contribution in [3.8, 4) is 0 Å². The zero-order chi connectivity index (χ0) is 10.7. The number of hydrogen-bond acceptors (Lipinski definition) is 3. The molecule has 0 aliphatic carbocycles. The Morgan fingerprint density at radius 3 is 2.47 bits per heavy atom. The van der Waals surface area contributed by atoms with Crippen LogP contribution in [0.5, 0.6) is 0 Å². The van der Waals surface area contributed by atoms with Gasteiger partial charge in [-0.05, 0) is 12.1 Å². The first-order chi connectivity index (χ1) is 7.29. The molecule has 1 aromatic carbocycles. The van der Waals surface area contributed by atoms with E-state index in [2.05, 4.69) is 48.2 Å². The summed E-state index contributed by atoms with van der Waals surface area (Å²) in [7, 11) is 4.17. The Kier molecular flexibility index (Phi) is 3.11. The Morgan fingerprint density at radius 1 is 1.13 bits per heavy atom. The summed E-state index contributed by atoms with van der Waals surface area (Å²) >= 11 is 0. The van der Waals surface area contributed by atoms with Crippen molar-refractivity contribution in [1.29, 1.82) is 0 Å². The maximum Gasteiger partial charge on any atom is 0.0642 e. The zero-order valence-electron chi connectivity index (χ0n) is 9.44. The molecule has 0 N–H and O–H groups in total. The average Bonchev–Trinajstić information content (AvgIpc) is 2.30. The first-order valence-corrected chi connectivity index (χ1v) is 5.38. The quantitative estimate of drug-likeness (QED) is 0.731. The van der Waals surface area contributed by atoms with Crippen molar-refractivity contribution in [2.75, 3.05) is 50.2 Å². The largest absolute Gasteiger partial charge is 0.378 e. The highest BCUT2D eigenvalue weighted by atomic mass is 16.5. The van der Waals surface area contributed by atoms with Crippen LogP contribution < -0.4 is 9.80 Å². The second-order valence-electron chi connectivity index (χ2n) is 3.98. The van der Waals surface area contributed by atoms with Gasteiger partial charge in [0.25, 0.3) is 0 Å². The predicted octanol–water partition coefficient (Wildman–Crippen LogP) is 1.59. The van der Waals surface area contributed by atoms with Crippen LogP contribution in [0.3, 0.4) is 0 Å². The number of morpholine rings is 1. The highest BCUT2D eigenvalue weighted by Crippen LogP contribution is 2.27. The third-order valence-corrected chi connectivity index (χ3v) is 2.72. The van der Waals surface area contributed by atoms with Gasteiger partial charge in [-0.2, -0.15) is 0 Å². The maximum absolute atomic E-state index is 5.37. The van der Waals surface area contributed by atoms with E-state index in [0.717, 1.165) is 26.3 Å². The summed E-state index contributed by atoms with van der Waals surface area (Å²) < 4.78 is 5.37. The fourth-order valence-corrected chi connectivity index (χ4v) is 1.91. The minimum absolute atomic E-state index is 0.835. The van der Waals surface area contributed by atoms with Crippen molar-refractivity contribution in [2.24, 2.45) is 0 Å². The van der Waals surface area contributed by atoms with E-state index >= 15 is 0 Å². The van der Waals surface area contributed by atoms with E-state index in [-0.39, 0.29) is 0 Å². The van der Waals surface area contributed by atoms with Crippen molar-refractivity contribution in [3.05, 3.63) is 24.3 Å². The Hall–Kier alpha value is -1.22. The summed E-state index contributed by atoms with van der Waals surface area (Å²) in [6.45, 7) is 3.65. The van der Waals surface area contributed by atoms with E-state index in [4.69, 9.17) is 4.74 Å². The van der Waals surface area contributed by atoms with Crippen LogP contribution in [0.1, 0.15) is 0 Å². The molecule has 0 spiro atoms. The maximum atomic E-state index is 5.37. The minimum atomic E-state index is 0.835. The molecule has 82 valence electrons. The lowest BCUT2D eigenvalue weighted by Gasteiger charge is -2.32. The summed E-state index contributed by atoms with van der Waals surface area (Å²) in [6.07, 6.45) is 0. The fraction of sp³-hybridized carbons (Fsp3) is 0.500. The lowest BCUT2D eigenvalue weighted by atomic mass is 10.2. The lowest BCUT2D eigenvalue weighted by molar-refractivity contribution is 0.122. The van der Waals surface area contributed by atoms with Crippen LogP contribution >= 0.6 is 0 Å². The molecule has 1 aliphatic rings. The van der Waals surface area contributed by atoms with Gasteiger partial charge in [0.05, 0.1) is 24.6 Å². The van der Waals surface area contributed by atoms with Gasteiger partial charge in [-0.25, -0.2) is 0 Å². The summed E-state index contributed by atoms with van der Waals surface area (Å²) in [5, 5.41) is 0. The summed E-state index contributed by atoms with van der Waals surface area (Å²) in [5.74, 6) is 0. The Bertz CT molecular complexity index is 319. The highest BCUT2D eigenvalue weighted by Gasteiger charge is 2.14. The van der Waals surface area contributed by atoms with Gasteiger partial charge in [-0.3, -0.25) is 0 Å². The highest BCUT2D eigenvalue weighted by molar-refractivity contribution is 5.70. The molecule has 15 heavy (non-hydrogen) atoms. The molecule has 1 saturated heterocycles. The Labute approximate surface area is 91.2 Å². The molecule has 1 aliphatic heterocycles. The number of nitrogens with zero attached hydrogens (tertiary/aromatic N) is 2. The van der Waals surface area contributed by atoms with Gasteiger partial charge in [0.15, 0.2) is 0 Å². The molecule has 0 atom stereocenters. The molecule has 0 bridgehead atoms. The molecule has 0 aromatic heterocycles. The molecule has 3 nitrogen and oxygen atoms in total. The van der Waals surface area contributed by atoms with Crippen LogP contribution in [0, 0.1) is 0 Å². The van der Waals surface area contributed by atoms with Crippen LogP contribution in [-0.2, 0) is 4.74 Å². The molecule has 1 fully saturated rings. The zero-order valence-corrected chi connectivity index (χ0v) is 9.44. The molecule has 1 aromatic rings. The molecular weight excluding hydrogens is 188 g/mol. The molecule has 0 amide bonds. The van der Waals surface area contributed by atoms with Crippen molar-refractivity contribution >= 4 is 11.4 Å². The summed E-state index contributed by atoms with van der Waals surface area (Å²) in [4.78, 5) is 4.55. The van der Waals surface area contributed by atoms with Gasteiger partial charge in [0.2, 0.25) is 0 Å². The van der Waals surface area contributed by atoms with Gasteiger partial charge in [0.1, 0.15) is 0 Å². The third-order valence-electron chi connectivity index (χ3n) is 2.72. The van der Waals surface area contributed by atoms with E-state index in [1.54, 1.807) is 0 Å². The molecule has 0 unspecified atom stereocenters. The molecular formula is C12H18N2O. The molecule has 0 saturated carbocycles. The van der Waals surface area contributed by atoms with Crippen LogP contribution in [0.2, 0.25) is 0 Å². The average molecular weight is 206 g/mol. The van der Waals surface area contributed by atoms with Crippen molar-refractivity contribution in [3.63, 3.8) is 0 Å². The van der Waals surface area contributed by atoms with Crippen molar-refractivity contribution in [1.82, 2.24) is 0 Å². The van der Waals surface area contributed by atoms with Crippen LogP contribution in [-0.4, -0.2) is 40.4 Å². The van der Waals surface area contributed by atoms with Crippen LogP contribution in [0.4, 0.5) is 11.4 Å². The van der Waals surface area contributed by atoms with E-state index in [0.29, 0.717) is 0 Å². The monoisotopic (exact) mass is 206 g/mol. The number of hydrogen-bond donors (Lipinski definition) is 0. The van der Waals surface area contributed by atoms with E-state index in [1.165, 1.54) is 11.4 Å². The number of para-hydroxylation sites is 2. The molecule has 1 heterocycles. The fourth-order valence-electron chi connectivity index (χ4n) is 1.91. The predicted molar refractivity (Wildman–Crippen MR) is 63.8 cm³/mol. The first kappa shape index (κ1) is 10.3. The summed E-state index contributed by atoms with van der Waals surface area (Å²) in [5.41, 5.74) is 2.59. The Morgan fingerprint density at radius 2 is 1.80 bits per heavy atom. The molecule has 2 rings (SSSR count). The van der Waals surface area contributed by atoms with Gasteiger partial charge >= 0.3 is 0 Å². The summed E-state index contributed by atoms with van der Waals surface area (Å²) in [6, 6.07) is 8.52. The number of ether oxygens (including phenoxy) is 1. The van der Waals surface area contributed by atoms with Crippen LogP contribution in [0.15, 0.2) is 24.3 Å².